The van der Waals surface area contributed by atoms with Gasteiger partial charge < -0.3 is 33.0 Å². The maximum Gasteiger partial charge on any atom is 0.306 e. The van der Waals surface area contributed by atoms with Crippen LogP contribution >= 0.6 is 7.82 Å². The van der Waals surface area contributed by atoms with Crippen molar-refractivity contribution in [2.24, 2.45) is 0 Å². The summed E-state index contributed by atoms with van der Waals surface area (Å²) in [6, 6.07) is 0. The van der Waals surface area contributed by atoms with Gasteiger partial charge in [0.2, 0.25) is 0 Å². The molecule has 0 aliphatic heterocycles. The van der Waals surface area contributed by atoms with E-state index in [1.54, 1.807) is 6.08 Å². The largest absolute Gasteiger partial charge is 0.756 e. The number of esters is 2. The highest BCUT2D eigenvalue weighted by molar-refractivity contribution is 7.45. The molecule has 0 aromatic rings. The summed E-state index contributed by atoms with van der Waals surface area (Å²) in [4.78, 5) is 37.5. The number of allylic oxidation sites excluding steroid dienone is 11. The molecule has 0 saturated heterocycles. The summed E-state index contributed by atoms with van der Waals surface area (Å²) in [6.45, 7) is 3.82. The van der Waals surface area contributed by atoms with Crippen LogP contribution in [-0.2, 0) is 32.7 Å². The Morgan fingerprint density at radius 3 is 1.85 bits per heavy atom. The molecule has 10 nitrogen and oxygen atoms in total. The number of carbonyl (C=O) groups excluding carboxylic acids is 2. The molecule has 2 unspecified atom stereocenters. The average molecular weight is 794 g/mol. The van der Waals surface area contributed by atoms with Gasteiger partial charge in [-0.25, -0.2) is 0 Å². The van der Waals surface area contributed by atoms with E-state index in [0.29, 0.717) is 30.3 Å². The molecule has 0 aliphatic rings. The van der Waals surface area contributed by atoms with Crippen molar-refractivity contribution in [3.8, 4) is 0 Å². The van der Waals surface area contributed by atoms with E-state index >= 15 is 0 Å². The molecule has 3 atom stereocenters. The molecule has 0 aromatic heterocycles. The first-order valence-electron chi connectivity index (χ1n) is 20.8. The fourth-order valence-corrected chi connectivity index (χ4v) is 5.81. The smallest absolute Gasteiger partial charge is 0.306 e. The van der Waals surface area contributed by atoms with E-state index in [-0.39, 0.29) is 26.1 Å². The first-order chi connectivity index (χ1) is 26.4. The van der Waals surface area contributed by atoms with E-state index in [1.807, 2.05) is 39.4 Å². The van der Waals surface area contributed by atoms with Crippen LogP contribution in [0, 0.1) is 0 Å². The number of phosphoric ester groups is 1. The van der Waals surface area contributed by atoms with Gasteiger partial charge in [0.05, 0.1) is 33.9 Å². The van der Waals surface area contributed by atoms with Crippen molar-refractivity contribution in [1.29, 1.82) is 0 Å². The minimum absolute atomic E-state index is 0.0559. The number of likely N-dealkylation sites (N-methyl/N-ethyl adjacent to an activating group) is 1. The number of carbonyl (C=O) groups is 2. The van der Waals surface area contributed by atoms with E-state index in [9.17, 15) is 24.2 Å². The lowest BCUT2D eigenvalue weighted by Crippen LogP contribution is -2.37. The lowest BCUT2D eigenvalue weighted by molar-refractivity contribution is -0.870. The van der Waals surface area contributed by atoms with Crippen LogP contribution in [0.1, 0.15) is 136 Å². The first kappa shape index (κ1) is 52.4. The van der Waals surface area contributed by atoms with Crippen molar-refractivity contribution in [2.45, 2.75) is 148 Å². The minimum atomic E-state index is -4.66. The van der Waals surface area contributed by atoms with Crippen LogP contribution in [-0.4, -0.2) is 81.2 Å². The highest BCUT2D eigenvalue weighted by Gasteiger charge is 2.21. The van der Waals surface area contributed by atoms with Crippen LogP contribution < -0.4 is 4.89 Å². The molecule has 0 radical (unpaired) electrons. The topological polar surface area (TPSA) is 131 Å². The number of phosphoric acid groups is 1. The molecule has 0 aliphatic carbocycles. The summed E-state index contributed by atoms with van der Waals surface area (Å²) in [5.41, 5.74) is 0. The summed E-state index contributed by atoms with van der Waals surface area (Å²) in [5, 5.41) is 10.1. The standard InChI is InChI=1S/C44H76NO9P/c1-6-8-10-12-14-15-16-17-18-19-20-21-23-27-31-35-43(47)51-39-42(40-53-55(49,50)52-38-37-45(3,4)5)54-44(48)36-32-28-24-26-30-34-41(46)33-29-25-22-13-11-9-7-2/h8-11,14-15,17-18,22,25,29,33,41-42,46H,6-7,12-13,16,19-21,23-24,26-28,30-32,34-40H2,1-5H3/b10-8-,11-9+,15-14-,18-17-,25-22+,33-29+/t41?,42-/m1/s1. The lowest BCUT2D eigenvalue weighted by atomic mass is 10.1. The van der Waals surface area contributed by atoms with Crippen molar-refractivity contribution in [2.75, 3.05) is 47.5 Å². The number of quaternary nitrogens is 1. The van der Waals surface area contributed by atoms with Gasteiger partial charge in [0.15, 0.2) is 6.10 Å². The molecule has 0 bridgehead atoms. The lowest BCUT2D eigenvalue weighted by Gasteiger charge is -2.28. The Kier molecular flexibility index (Phi) is 34.1. The highest BCUT2D eigenvalue weighted by Crippen LogP contribution is 2.38. The maximum absolute atomic E-state index is 12.7. The fourth-order valence-electron chi connectivity index (χ4n) is 5.09. The average Bonchev–Trinajstić information content (AvgIpc) is 3.12. The van der Waals surface area contributed by atoms with E-state index in [4.69, 9.17) is 18.5 Å². The van der Waals surface area contributed by atoms with E-state index in [0.717, 1.165) is 89.9 Å². The highest BCUT2D eigenvalue weighted by atomic mass is 31.2. The van der Waals surface area contributed by atoms with Gasteiger partial charge in [-0.05, 0) is 64.2 Å². The zero-order valence-electron chi connectivity index (χ0n) is 35.0. The molecule has 0 fully saturated rings. The van der Waals surface area contributed by atoms with Gasteiger partial charge in [0, 0.05) is 12.8 Å². The van der Waals surface area contributed by atoms with Crippen LogP contribution in [0.2, 0.25) is 0 Å². The molecule has 11 heteroatoms. The number of nitrogens with zero attached hydrogens (tertiary/aromatic N) is 1. The summed E-state index contributed by atoms with van der Waals surface area (Å²) in [6.07, 6.45) is 39.5. The zero-order valence-corrected chi connectivity index (χ0v) is 35.8. The van der Waals surface area contributed by atoms with Gasteiger partial charge in [-0.2, -0.15) is 0 Å². The zero-order chi connectivity index (χ0) is 40.9. The Bertz CT molecular complexity index is 1190. The molecule has 0 spiro atoms. The second-order valence-corrected chi connectivity index (χ2v) is 16.2. The molecular formula is C44H76NO9P. The third-order valence-electron chi connectivity index (χ3n) is 8.33. The third-order valence-corrected chi connectivity index (χ3v) is 9.29. The van der Waals surface area contributed by atoms with Crippen LogP contribution in [0.3, 0.4) is 0 Å². The predicted molar refractivity (Wildman–Crippen MR) is 223 cm³/mol. The quantitative estimate of drug-likeness (QED) is 0.0165. The van der Waals surface area contributed by atoms with Gasteiger partial charge in [-0.15, -0.1) is 0 Å². The van der Waals surface area contributed by atoms with Crippen LogP contribution in [0.5, 0.6) is 0 Å². The number of ether oxygens (including phenoxy) is 2. The Balaban J connectivity index is 4.53. The third kappa shape index (κ3) is 39.4. The van der Waals surface area contributed by atoms with Gasteiger partial charge >= 0.3 is 11.9 Å². The monoisotopic (exact) mass is 794 g/mol. The van der Waals surface area contributed by atoms with Crippen molar-refractivity contribution in [1.82, 2.24) is 0 Å². The van der Waals surface area contributed by atoms with Crippen LogP contribution in [0.4, 0.5) is 0 Å². The second-order valence-electron chi connectivity index (χ2n) is 14.8. The summed E-state index contributed by atoms with van der Waals surface area (Å²) in [7, 11) is 1.08. The van der Waals surface area contributed by atoms with Gasteiger partial charge in [-0.3, -0.25) is 14.2 Å². The molecule has 0 aromatic carbocycles. The Hall–Kier alpha value is -2.59. The Labute approximate surface area is 334 Å². The van der Waals surface area contributed by atoms with E-state index in [2.05, 4.69) is 62.5 Å². The van der Waals surface area contributed by atoms with Crippen molar-refractivity contribution in [3.05, 3.63) is 72.9 Å². The Morgan fingerprint density at radius 2 is 1.22 bits per heavy atom. The van der Waals surface area contributed by atoms with E-state index in [1.165, 1.54) is 0 Å². The summed E-state index contributed by atoms with van der Waals surface area (Å²) in [5.74, 6) is -0.940. The number of aliphatic hydroxyl groups excluding tert-OH is 1. The number of hydrogen-bond acceptors (Lipinski definition) is 9. The molecule has 0 amide bonds. The SMILES string of the molecule is CC/C=C\C/C=C\C/C=C\CCCCCCCC(=O)OC[C@H](COP(=O)([O-])OCC[N+](C)(C)C)OC(=O)CCCCCCCC(O)/C=C/C=C/C/C=C/CC. The molecular weight excluding hydrogens is 717 g/mol. The second kappa shape index (κ2) is 35.8. The molecule has 55 heavy (non-hydrogen) atoms. The number of aliphatic hydroxyl groups is 1. The normalized spacial score (nSPS) is 15.0. The molecule has 0 saturated carbocycles. The fraction of sp³-hybridized carbons (Fsp3) is 0.682. The van der Waals surface area contributed by atoms with Gasteiger partial charge in [0.1, 0.15) is 19.8 Å². The summed E-state index contributed by atoms with van der Waals surface area (Å²) < 4.78 is 33.7. The summed E-state index contributed by atoms with van der Waals surface area (Å²) >= 11 is 0. The first-order valence-corrected chi connectivity index (χ1v) is 22.2. The number of rotatable bonds is 36. The Morgan fingerprint density at radius 1 is 0.673 bits per heavy atom. The predicted octanol–water partition coefficient (Wildman–Crippen LogP) is 9.80. The molecule has 316 valence electrons. The van der Waals surface area contributed by atoms with E-state index < -0.39 is 38.6 Å². The van der Waals surface area contributed by atoms with Crippen LogP contribution in [0.15, 0.2) is 72.9 Å². The molecule has 1 N–H and O–H groups in total. The number of hydrogen-bond donors (Lipinski definition) is 1. The van der Waals surface area contributed by atoms with Crippen molar-refractivity contribution < 1.29 is 47.2 Å². The molecule has 0 heterocycles. The van der Waals surface area contributed by atoms with Gasteiger partial charge in [0.25, 0.3) is 7.82 Å². The van der Waals surface area contributed by atoms with Crippen molar-refractivity contribution >= 4 is 19.8 Å². The number of unbranched alkanes of at least 4 members (excludes halogenated alkanes) is 9. The minimum Gasteiger partial charge on any atom is -0.756 e. The van der Waals surface area contributed by atoms with Gasteiger partial charge in [-0.1, -0.05) is 132 Å². The molecule has 0 rings (SSSR count). The van der Waals surface area contributed by atoms with Crippen molar-refractivity contribution in [3.63, 3.8) is 0 Å². The van der Waals surface area contributed by atoms with Crippen LogP contribution in [0.25, 0.3) is 0 Å². The maximum atomic E-state index is 12.7.